The Morgan fingerprint density at radius 3 is 2.05 bits per heavy atom. The molecule has 19 heavy (non-hydrogen) atoms. The summed E-state index contributed by atoms with van der Waals surface area (Å²) in [6, 6.07) is 0.814. The van der Waals surface area contributed by atoms with Crippen molar-refractivity contribution in [2.75, 3.05) is 27.9 Å². The molecule has 7 heteroatoms. The van der Waals surface area contributed by atoms with Gasteiger partial charge in [0.2, 0.25) is 0 Å². The molecule has 0 saturated heterocycles. The highest BCUT2D eigenvalue weighted by atomic mass is 79.9. The molecule has 0 aliphatic rings. The number of esters is 1. The van der Waals surface area contributed by atoms with Gasteiger partial charge in [0.25, 0.3) is 0 Å². The molecule has 0 aromatic heterocycles. The van der Waals surface area contributed by atoms with Crippen LogP contribution in [0.1, 0.15) is 32.6 Å². The molecule has 0 fully saturated rings. The van der Waals surface area contributed by atoms with Crippen LogP contribution in [0.5, 0.6) is 0 Å². The highest BCUT2D eigenvalue weighted by Crippen LogP contribution is 2.17. The zero-order valence-electron chi connectivity index (χ0n) is 12.2. The maximum absolute atomic E-state index is 11.2. The van der Waals surface area contributed by atoms with Crippen molar-refractivity contribution in [2.24, 2.45) is 0 Å². The standard InChI is InChI=1S/C12H25BrO5Si/c1-11(13)12(14)18-9-7-5-6-8-10-19(15-2,16-3)17-4/h11H,5-10H2,1-4H3. The van der Waals surface area contributed by atoms with Crippen molar-refractivity contribution in [3.8, 4) is 0 Å². The zero-order chi connectivity index (χ0) is 14.7. The van der Waals surface area contributed by atoms with E-state index in [9.17, 15) is 4.79 Å². The summed E-state index contributed by atoms with van der Waals surface area (Å²) in [5.41, 5.74) is 0. The van der Waals surface area contributed by atoms with Crippen LogP contribution >= 0.6 is 15.9 Å². The first kappa shape index (κ1) is 19.0. The minimum atomic E-state index is -2.41. The molecule has 0 aromatic carbocycles. The Kier molecular flexibility index (Phi) is 10.8. The molecule has 0 spiro atoms. The third-order valence-electron chi connectivity index (χ3n) is 2.88. The van der Waals surface area contributed by atoms with Gasteiger partial charge >= 0.3 is 14.8 Å². The molecule has 0 N–H and O–H groups in total. The molecule has 0 saturated carbocycles. The first-order valence-electron chi connectivity index (χ1n) is 6.47. The maximum atomic E-state index is 11.2. The van der Waals surface area contributed by atoms with Crippen LogP contribution in [-0.4, -0.2) is 47.5 Å². The number of carbonyl (C=O) groups is 1. The number of hydrogen-bond acceptors (Lipinski definition) is 5. The van der Waals surface area contributed by atoms with Gasteiger partial charge < -0.3 is 18.0 Å². The minimum Gasteiger partial charge on any atom is -0.465 e. The van der Waals surface area contributed by atoms with Crippen molar-refractivity contribution in [3.05, 3.63) is 0 Å². The Balaban J connectivity index is 3.57. The van der Waals surface area contributed by atoms with Gasteiger partial charge in [-0.3, -0.25) is 4.79 Å². The van der Waals surface area contributed by atoms with E-state index in [-0.39, 0.29) is 10.8 Å². The van der Waals surface area contributed by atoms with Crippen molar-refractivity contribution in [3.63, 3.8) is 0 Å². The van der Waals surface area contributed by atoms with Gasteiger partial charge in [0.1, 0.15) is 4.83 Å². The second-order valence-corrected chi connectivity index (χ2v) is 8.71. The van der Waals surface area contributed by atoms with Gasteiger partial charge in [0, 0.05) is 27.4 Å². The number of hydrogen-bond donors (Lipinski definition) is 0. The summed E-state index contributed by atoms with van der Waals surface area (Å²) in [6.45, 7) is 2.24. The van der Waals surface area contributed by atoms with Crippen LogP contribution in [0.2, 0.25) is 6.04 Å². The molecule has 5 nitrogen and oxygen atoms in total. The number of carbonyl (C=O) groups excluding carboxylic acids is 1. The Bertz CT molecular complexity index is 238. The maximum Gasteiger partial charge on any atom is 0.500 e. The molecule has 0 rings (SSSR count). The lowest BCUT2D eigenvalue weighted by atomic mass is 10.2. The van der Waals surface area contributed by atoms with E-state index in [4.69, 9.17) is 18.0 Å². The van der Waals surface area contributed by atoms with E-state index < -0.39 is 8.80 Å². The smallest absolute Gasteiger partial charge is 0.465 e. The quantitative estimate of drug-likeness (QED) is 0.246. The van der Waals surface area contributed by atoms with E-state index in [0.717, 1.165) is 31.7 Å². The molecule has 0 aliphatic carbocycles. The van der Waals surface area contributed by atoms with Crippen LogP contribution in [0.4, 0.5) is 0 Å². The lowest BCUT2D eigenvalue weighted by molar-refractivity contribution is -0.142. The lowest BCUT2D eigenvalue weighted by Gasteiger charge is -2.24. The van der Waals surface area contributed by atoms with Gasteiger partial charge in [-0.25, -0.2) is 0 Å². The number of halogens is 1. The highest BCUT2D eigenvalue weighted by Gasteiger charge is 2.36. The average molecular weight is 357 g/mol. The summed E-state index contributed by atoms with van der Waals surface area (Å²) < 4.78 is 21.1. The molecule has 0 radical (unpaired) electrons. The summed E-state index contributed by atoms with van der Waals surface area (Å²) in [4.78, 5) is 10.9. The SMILES string of the molecule is CO[Si](CCCCCCOC(=O)C(C)Br)(OC)OC. The number of alkyl halides is 1. The second kappa shape index (κ2) is 10.8. The lowest BCUT2D eigenvalue weighted by Crippen LogP contribution is -2.42. The van der Waals surface area contributed by atoms with E-state index in [2.05, 4.69) is 15.9 Å². The molecule has 1 atom stereocenters. The predicted octanol–water partition coefficient (Wildman–Crippen LogP) is 2.75. The van der Waals surface area contributed by atoms with E-state index in [0.29, 0.717) is 6.61 Å². The van der Waals surface area contributed by atoms with E-state index in [1.54, 1.807) is 28.3 Å². The topological polar surface area (TPSA) is 54.0 Å². The minimum absolute atomic E-state index is 0.204. The van der Waals surface area contributed by atoms with Gasteiger partial charge in [-0.1, -0.05) is 28.8 Å². The van der Waals surface area contributed by atoms with Gasteiger partial charge in [-0.15, -0.1) is 0 Å². The molecule has 0 bridgehead atoms. The van der Waals surface area contributed by atoms with Crippen LogP contribution < -0.4 is 0 Å². The molecule has 0 aliphatic heterocycles. The van der Waals surface area contributed by atoms with Crippen LogP contribution in [0.25, 0.3) is 0 Å². The largest absolute Gasteiger partial charge is 0.500 e. The number of ether oxygens (including phenoxy) is 1. The number of unbranched alkanes of at least 4 members (excludes halogenated alkanes) is 3. The normalized spacial score (nSPS) is 13.3. The first-order valence-corrected chi connectivity index (χ1v) is 9.32. The van der Waals surface area contributed by atoms with Gasteiger partial charge in [-0.05, 0) is 19.8 Å². The fourth-order valence-electron chi connectivity index (χ4n) is 1.64. The average Bonchev–Trinajstić information content (AvgIpc) is 2.42. The van der Waals surface area contributed by atoms with Crippen LogP contribution in [0.3, 0.4) is 0 Å². The van der Waals surface area contributed by atoms with Gasteiger partial charge in [0.15, 0.2) is 0 Å². The Hall–Kier alpha value is 0.0469. The van der Waals surface area contributed by atoms with Crippen LogP contribution in [-0.2, 0) is 22.8 Å². The molecular weight excluding hydrogens is 332 g/mol. The molecule has 1 unspecified atom stereocenters. The first-order chi connectivity index (χ1) is 9.01. The molecule has 0 aromatic rings. The Morgan fingerprint density at radius 2 is 1.58 bits per heavy atom. The van der Waals surface area contributed by atoms with E-state index >= 15 is 0 Å². The van der Waals surface area contributed by atoms with Crippen molar-refractivity contribution >= 4 is 30.7 Å². The van der Waals surface area contributed by atoms with Crippen molar-refractivity contribution in [2.45, 2.75) is 43.5 Å². The molecule has 114 valence electrons. The van der Waals surface area contributed by atoms with Crippen LogP contribution in [0, 0.1) is 0 Å². The van der Waals surface area contributed by atoms with Crippen molar-refractivity contribution < 1.29 is 22.8 Å². The number of rotatable bonds is 11. The fourth-order valence-corrected chi connectivity index (χ4v) is 3.57. The van der Waals surface area contributed by atoms with Crippen LogP contribution in [0.15, 0.2) is 0 Å². The molecule has 0 amide bonds. The third kappa shape index (κ3) is 8.04. The summed E-state index contributed by atoms with van der Waals surface area (Å²) in [7, 11) is 2.47. The Labute approximate surface area is 125 Å². The highest BCUT2D eigenvalue weighted by molar-refractivity contribution is 9.10. The van der Waals surface area contributed by atoms with E-state index in [1.165, 1.54) is 0 Å². The van der Waals surface area contributed by atoms with Crippen molar-refractivity contribution in [1.82, 2.24) is 0 Å². The van der Waals surface area contributed by atoms with E-state index in [1.807, 2.05) is 0 Å². The molecular formula is C12H25BrO5Si. The predicted molar refractivity (Wildman–Crippen MR) is 79.4 cm³/mol. The monoisotopic (exact) mass is 356 g/mol. The van der Waals surface area contributed by atoms with Gasteiger partial charge in [0.05, 0.1) is 6.61 Å². The summed E-state index contributed by atoms with van der Waals surface area (Å²) in [5.74, 6) is -0.204. The van der Waals surface area contributed by atoms with Crippen molar-refractivity contribution in [1.29, 1.82) is 0 Å². The molecule has 0 heterocycles. The van der Waals surface area contributed by atoms with Gasteiger partial charge in [-0.2, -0.15) is 0 Å². The third-order valence-corrected chi connectivity index (χ3v) is 6.09. The fraction of sp³-hybridized carbons (Fsp3) is 0.917. The second-order valence-electron chi connectivity index (χ2n) is 4.24. The Morgan fingerprint density at radius 1 is 1.05 bits per heavy atom. The summed E-state index contributed by atoms with van der Waals surface area (Å²) >= 11 is 3.17. The summed E-state index contributed by atoms with van der Waals surface area (Å²) in [5, 5.41) is 0. The summed E-state index contributed by atoms with van der Waals surface area (Å²) in [6.07, 6.45) is 3.94. The zero-order valence-corrected chi connectivity index (χ0v) is 14.8.